The van der Waals surface area contributed by atoms with Crippen LogP contribution in [0.25, 0.3) is 17.0 Å². The number of benzene rings is 4. The fourth-order valence-corrected chi connectivity index (χ4v) is 7.98. The Morgan fingerprint density at radius 3 is 2.30 bits per heavy atom. The van der Waals surface area contributed by atoms with E-state index in [-0.39, 0.29) is 53.0 Å². The average molecular weight is 818 g/mol. The van der Waals surface area contributed by atoms with Crippen LogP contribution in [0.1, 0.15) is 102 Å². The molecule has 1 amide bonds. The highest BCUT2D eigenvalue weighted by atomic mass is 16.5. The van der Waals surface area contributed by atoms with E-state index < -0.39 is 23.7 Å². The summed E-state index contributed by atoms with van der Waals surface area (Å²) in [5, 5.41) is 28.2. The minimum Gasteiger partial charge on any atom is -0.507 e. The lowest BCUT2D eigenvalue weighted by Gasteiger charge is -2.25. The van der Waals surface area contributed by atoms with Crippen LogP contribution < -0.4 is 24.4 Å². The molecule has 3 atom stereocenters. The molecule has 2 unspecified atom stereocenters. The number of fused-ring (bicyclic) bond motifs is 2. The summed E-state index contributed by atoms with van der Waals surface area (Å²) in [5.41, 5.74) is 4.53. The molecule has 4 aromatic carbocycles. The quantitative estimate of drug-likeness (QED) is 0.0898. The second-order valence-electron chi connectivity index (χ2n) is 15.4. The number of methoxy groups -OCH3 is 3. The Bertz CT molecular complexity index is 2320. The number of H-pyrrole nitrogens is 1. The van der Waals surface area contributed by atoms with Crippen LogP contribution in [-0.2, 0) is 14.3 Å². The number of aromatic amines is 1. The number of cyclic esters (lactones) is 1. The van der Waals surface area contributed by atoms with Crippen molar-refractivity contribution in [1.29, 1.82) is 0 Å². The van der Waals surface area contributed by atoms with Crippen molar-refractivity contribution in [3.8, 4) is 28.7 Å². The first-order valence-electron chi connectivity index (χ1n) is 20.3. The third-order valence-corrected chi connectivity index (χ3v) is 11.2. The van der Waals surface area contributed by atoms with E-state index in [0.717, 1.165) is 27.7 Å². The normalized spacial score (nSPS) is 15.9. The maximum absolute atomic E-state index is 14.4. The van der Waals surface area contributed by atoms with Crippen molar-refractivity contribution < 1.29 is 43.5 Å². The summed E-state index contributed by atoms with van der Waals surface area (Å²) in [6.07, 6.45) is 7.63. The number of para-hydroxylation sites is 1. The molecule has 2 heterocycles. The van der Waals surface area contributed by atoms with Gasteiger partial charge >= 0.3 is 5.97 Å². The fourth-order valence-electron chi connectivity index (χ4n) is 7.98. The van der Waals surface area contributed by atoms with Gasteiger partial charge in [0.05, 0.1) is 27.4 Å². The molecule has 6 rings (SSSR count). The highest BCUT2D eigenvalue weighted by Crippen LogP contribution is 2.48. The molecule has 0 aliphatic carbocycles. The molecular weight excluding hydrogens is 763 g/mol. The minimum absolute atomic E-state index is 0.0460. The number of phenolic OH excluding ortho intramolecular Hbond substituents is 2. The summed E-state index contributed by atoms with van der Waals surface area (Å²) in [5.74, 6) is -2.22. The van der Waals surface area contributed by atoms with Gasteiger partial charge in [-0.15, -0.1) is 0 Å². The Kier molecular flexibility index (Phi) is 14.1. The number of rotatable bonds is 12. The highest BCUT2D eigenvalue weighted by molar-refractivity contribution is 5.98. The van der Waals surface area contributed by atoms with E-state index in [9.17, 15) is 24.6 Å². The van der Waals surface area contributed by atoms with Crippen molar-refractivity contribution in [2.45, 2.75) is 69.8 Å². The minimum atomic E-state index is -1.02. The molecule has 12 heteroatoms. The Balaban J connectivity index is 1.42. The highest BCUT2D eigenvalue weighted by Gasteiger charge is 2.33. The number of aromatic hydroxyl groups is 2. The predicted octanol–water partition coefficient (Wildman–Crippen LogP) is 8.62. The van der Waals surface area contributed by atoms with Gasteiger partial charge in [-0.2, -0.15) is 0 Å². The van der Waals surface area contributed by atoms with Crippen LogP contribution in [-0.4, -0.2) is 80.9 Å². The van der Waals surface area contributed by atoms with Crippen LogP contribution in [0.15, 0.2) is 79.0 Å². The molecular formula is C48H55N3O9. The van der Waals surface area contributed by atoms with Gasteiger partial charge in [0, 0.05) is 80.1 Å². The molecule has 0 bridgehead atoms. The number of aromatic nitrogens is 1. The molecule has 0 spiro atoms. The molecule has 1 aromatic heterocycles. The van der Waals surface area contributed by atoms with Crippen LogP contribution in [0.5, 0.6) is 28.7 Å². The molecule has 0 fully saturated rings. The van der Waals surface area contributed by atoms with Gasteiger partial charge < -0.3 is 44.4 Å². The number of anilines is 1. The van der Waals surface area contributed by atoms with Gasteiger partial charge in [-0.05, 0) is 91.3 Å². The van der Waals surface area contributed by atoms with Crippen LogP contribution >= 0.6 is 0 Å². The Labute approximate surface area is 351 Å². The van der Waals surface area contributed by atoms with Gasteiger partial charge in [0.1, 0.15) is 22.8 Å². The number of ether oxygens (including phenoxy) is 4. The first kappa shape index (κ1) is 43.2. The van der Waals surface area contributed by atoms with Gasteiger partial charge in [0.2, 0.25) is 11.7 Å². The van der Waals surface area contributed by atoms with E-state index in [2.05, 4.69) is 22.4 Å². The summed E-state index contributed by atoms with van der Waals surface area (Å²) in [6, 6.07) is 20.9. The molecule has 1 aliphatic heterocycles. The molecule has 0 saturated heterocycles. The number of carbonyl (C=O) groups is 3. The van der Waals surface area contributed by atoms with E-state index in [1.54, 1.807) is 31.2 Å². The second-order valence-corrected chi connectivity index (χ2v) is 15.4. The van der Waals surface area contributed by atoms with Crippen molar-refractivity contribution in [3.63, 3.8) is 0 Å². The van der Waals surface area contributed by atoms with Crippen LogP contribution in [0, 0.1) is 0 Å². The van der Waals surface area contributed by atoms with Crippen molar-refractivity contribution in [2.75, 3.05) is 46.9 Å². The molecule has 5 aromatic rings. The number of ketones is 1. The largest absolute Gasteiger partial charge is 0.507 e. The van der Waals surface area contributed by atoms with Crippen LogP contribution in [0.3, 0.4) is 0 Å². The monoisotopic (exact) mass is 817 g/mol. The number of nitrogens with one attached hydrogen (secondary N) is 2. The predicted molar refractivity (Wildman–Crippen MR) is 233 cm³/mol. The number of hydrogen-bond donors (Lipinski definition) is 4. The summed E-state index contributed by atoms with van der Waals surface area (Å²) in [6.45, 7) is 1.97. The summed E-state index contributed by atoms with van der Waals surface area (Å²) in [4.78, 5) is 46.1. The Hall–Kier alpha value is -6.43. The van der Waals surface area contributed by atoms with E-state index >= 15 is 0 Å². The summed E-state index contributed by atoms with van der Waals surface area (Å²) >= 11 is 0. The summed E-state index contributed by atoms with van der Waals surface area (Å²) < 4.78 is 22.8. The van der Waals surface area contributed by atoms with Gasteiger partial charge in [-0.25, -0.2) is 4.79 Å². The zero-order valence-electron chi connectivity index (χ0n) is 35.2. The van der Waals surface area contributed by atoms with Crippen molar-refractivity contribution >= 4 is 40.3 Å². The molecule has 0 saturated carbocycles. The molecule has 316 valence electrons. The lowest BCUT2D eigenvalue weighted by atomic mass is 9.84. The lowest BCUT2D eigenvalue weighted by molar-refractivity contribution is -0.121. The SMILES string of the molecule is COc1cc(C(CC(=O)NCC(c2ccc(N(C)C)cc2)c2c[nH]c3ccccc23)c2c(O)cc3c(c2O)C(=O)O[C@@H](C)CCCC(=O)CCCC=C3)cc(OC)c1OC. The number of esters is 1. The van der Waals surface area contributed by atoms with Gasteiger partial charge in [0.25, 0.3) is 0 Å². The zero-order valence-corrected chi connectivity index (χ0v) is 35.2. The third-order valence-electron chi connectivity index (χ3n) is 11.2. The number of amides is 1. The molecule has 4 N–H and O–H groups in total. The van der Waals surface area contributed by atoms with Crippen LogP contribution in [0.2, 0.25) is 0 Å². The molecule has 1 aliphatic rings. The van der Waals surface area contributed by atoms with E-state index in [1.807, 2.05) is 61.6 Å². The smallest absolute Gasteiger partial charge is 0.342 e. The molecule has 0 radical (unpaired) electrons. The van der Waals surface area contributed by atoms with Gasteiger partial charge in [-0.3, -0.25) is 9.59 Å². The number of Topliss-reactive ketones (excluding diaryl/α,β-unsaturated/α-hetero) is 1. The molecule has 12 nitrogen and oxygen atoms in total. The van der Waals surface area contributed by atoms with Crippen molar-refractivity contribution in [1.82, 2.24) is 10.3 Å². The third kappa shape index (κ3) is 9.71. The maximum atomic E-state index is 14.4. The number of phenols is 2. The fraction of sp³-hybridized carbons (Fsp3) is 0.354. The van der Waals surface area contributed by atoms with Crippen molar-refractivity contribution in [2.24, 2.45) is 0 Å². The number of hydrogen-bond acceptors (Lipinski definition) is 10. The number of carbonyl (C=O) groups excluding carboxylic acids is 3. The van der Waals surface area contributed by atoms with Gasteiger partial charge in [0.15, 0.2) is 11.5 Å². The average Bonchev–Trinajstić information content (AvgIpc) is 3.66. The first-order valence-corrected chi connectivity index (χ1v) is 20.3. The number of allylic oxidation sites excluding steroid dienone is 1. The molecule has 60 heavy (non-hydrogen) atoms. The topological polar surface area (TPSA) is 160 Å². The Morgan fingerprint density at radius 1 is 0.917 bits per heavy atom. The number of nitrogens with zero attached hydrogens (tertiary/aromatic N) is 1. The zero-order chi connectivity index (χ0) is 42.9. The Morgan fingerprint density at radius 2 is 1.62 bits per heavy atom. The van der Waals surface area contributed by atoms with E-state index in [0.29, 0.717) is 61.3 Å². The summed E-state index contributed by atoms with van der Waals surface area (Å²) in [7, 11) is 8.38. The lowest BCUT2D eigenvalue weighted by Crippen LogP contribution is -2.30. The second kappa shape index (κ2) is 19.5. The maximum Gasteiger partial charge on any atom is 0.342 e. The first-order chi connectivity index (χ1) is 28.9. The van der Waals surface area contributed by atoms with Crippen LogP contribution in [0.4, 0.5) is 5.69 Å². The standard InChI is InChI=1S/C48H55N3O9/c1-29-13-12-16-34(52)15-9-7-8-14-31-23-40(53)45(46(55)44(31)48(56)60-29)36(32-24-41(57-4)47(59-6)42(25-32)58-5)26-43(54)50-27-37(30-19-21-33(22-20-30)51(2)3)38-28-49-39-18-11-10-17-35(38)39/h8,10-11,14,17-25,28-29,36-37,49,53,55H,7,9,12-13,15-16,26-27H2,1-6H3,(H,50,54)/t29-,36?,37?/m0/s1. The van der Waals surface area contributed by atoms with E-state index in [4.69, 9.17) is 18.9 Å². The van der Waals surface area contributed by atoms with Crippen molar-refractivity contribution in [3.05, 3.63) is 112 Å². The van der Waals surface area contributed by atoms with E-state index in [1.165, 1.54) is 27.4 Å². The van der Waals surface area contributed by atoms with Gasteiger partial charge in [-0.1, -0.05) is 42.5 Å².